The topological polar surface area (TPSA) is 107 Å². The molecule has 0 saturated heterocycles. The molecule has 0 aliphatic rings. The van der Waals surface area contributed by atoms with Crippen LogP contribution < -0.4 is 0 Å². The minimum atomic E-state index is -0.236. The Labute approximate surface area is 170 Å². The van der Waals surface area contributed by atoms with E-state index in [1.54, 1.807) is 26.2 Å². The second-order valence-electron chi connectivity index (χ2n) is 5.23. The zero-order chi connectivity index (χ0) is 17.7. The van der Waals surface area contributed by atoms with E-state index >= 15 is 0 Å². The first-order valence-corrected chi connectivity index (χ1v) is 9.77. The molecule has 0 aliphatic carbocycles. The summed E-state index contributed by atoms with van der Waals surface area (Å²) in [6.07, 6.45) is 3.32. The summed E-state index contributed by atoms with van der Waals surface area (Å²) in [7, 11) is 3.08. The van der Waals surface area contributed by atoms with E-state index in [2.05, 4.69) is 9.97 Å². The third-order valence-corrected chi connectivity index (χ3v) is 5.92. The van der Waals surface area contributed by atoms with Gasteiger partial charge in [-0.15, -0.1) is 0 Å². The predicted molar refractivity (Wildman–Crippen MR) is 95.7 cm³/mol. The normalized spacial score (nSPS) is 10.6. The van der Waals surface area contributed by atoms with Crippen molar-refractivity contribution in [1.29, 1.82) is 0 Å². The zero-order valence-electron chi connectivity index (χ0n) is 13.8. The maximum absolute atomic E-state index is 9.94. The Balaban J connectivity index is 0.00000312. The fourth-order valence-electron chi connectivity index (χ4n) is 2.18. The Hall–Kier alpha value is -0.740. The molecule has 0 amide bonds. The molecule has 25 heavy (non-hydrogen) atoms. The van der Waals surface area contributed by atoms with Gasteiger partial charge in [0.25, 0.3) is 0 Å². The van der Waals surface area contributed by atoms with Gasteiger partial charge in [-0.05, 0) is 25.0 Å². The van der Waals surface area contributed by atoms with Gasteiger partial charge in [-0.3, -0.25) is 9.97 Å². The average Bonchev–Trinajstić information content (AvgIpc) is 2.58. The van der Waals surface area contributed by atoms with Gasteiger partial charge in [-0.1, -0.05) is 21.6 Å². The van der Waals surface area contributed by atoms with Gasteiger partial charge in [0.2, 0.25) is 0 Å². The van der Waals surface area contributed by atoms with E-state index in [0.717, 1.165) is 11.1 Å². The van der Waals surface area contributed by atoms with E-state index in [1.165, 1.54) is 21.6 Å². The van der Waals surface area contributed by atoms with E-state index in [0.29, 0.717) is 34.0 Å². The monoisotopic (exact) mass is 475 g/mol. The third-order valence-electron chi connectivity index (χ3n) is 3.69. The second-order valence-corrected chi connectivity index (χ2v) is 7.70. The largest absolute Gasteiger partial charge is 0.506 e. The SMILES string of the molecule is Cc1ncc(CSSCc2cnc(C)c(O)c2CO)c(CO)c1O.[Ag]. The van der Waals surface area contributed by atoms with Crippen molar-refractivity contribution in [1.82, 2.24) is 9.97 Å². The molecule has 2 rings (SSSR count). The molecule has 2 heterocycles. The van der Waals surface area contributed by atoms with Crippen LogP contribution in [-0.2, 0) is 47.1 Å². The number of aliphatic hydroxyl groups excluding tert-OH is 2. The van der Waals surface area contributed by atoms with Crippen LogP contribution in [0.1, 0.15) is 33.6 Å². The summed E-state index contributed by atoms with van der Waals surface area (Å²) in [4.78, 5) is 8.23. The molecular formula is C16H20AgN2O4S2. The molecule has 0 saturated carbocycles. The number of aryl methyl sites for hydroxylation is 2. The van der Waals surface area contributed by atoms with Gasteiger partial charge in [0.15, 0.2) is 0 Å². The summed E-state index contributed by atoms with van der Waals surface area (Å²) in [5.74, 6) is 1.22. The van der Waals surface area contributed by atoms with E-state index in [9.17, 15) is 20.4 Å². The Morgan fingerprint density at radius 3 is 1.48 bits per heavy atom. The number of aromatic hydroxyl groups is 2. The van der Waals surface area contributed by atoms with Crippen LogP contribution in [-0.4, -0.2) is 30.4 Å². The number of pyridine rings is 2. The number of aliphatic hydroxyl groups is 2. The summed E-state index contributed by atoms with van der Waals surface area (Å²) < 4.78 is 0. The molecule has 2 aromatic heterocycles. The van der Waals surface area contributed by atoms with Crippen LogP contribution in [0.4, 0.5) is 0 Å². The van der Waals surface area contributed by atoms with Gasteiger partial charge in [0, 0.05) is 57.4 Å². The van der Waals surface area contributed by atoms with Crippen LogP contribution in [0.3, 0.4) is 0 Å². The summed E-state index contributed by atoms with van der Waals surface area (Å²) in [5, 5.41) is 38.7. The molecule has 1 radical (unpaired) electrons. The summed E-state index contributed by atoms with van der Waals surface area (Å²) >= 11 is 0. The molecule has 2 aromatic rings. The van der Waals surface area contributed by atoms with Crippen LogP contribution in [0, 0.1) is 13.8 Å². The van der Waals surface area contributed by atoms with Crippen molar-refractivity contribution in [2.45, 2.75) is 38.6 Å². The number of hydrogen-bond acceptors (Lipinski definition) is 8. The number of nitrogens with zero attached hydrogens (tertiary/aromatic N) is 2. The molecule has 0 unspecified atom stereocenters. The van der Waals surface area contributed by atoms with Crippen LogP contribution in [0.2, 0.25) is 0 Å². The van der Waals surface area contributed by atoms with Crippen LogP contribution in [0.15, 0.2) is 12.4 Å². The van der Waals surface area contributed by atoms with Gasteiger partial charge in [0.05, 0.1) is 24.6 Å². The van der Waals surface area contributed by atoms with Crippen molar-refractivity contribution < 1.29 is 42.8 Å². The number of rotatable bonds is 7. The van der Waals surface area contributed by atoms with Crippen molar-refractivity contribution >= 4 is 21.6 Å². The number of aromatic nitrogens is 2. The Bertz CT molecular complexity index is 670. The maximum Gasteiger partial charge on any atom is 0.142 e. The van der Waals surface area contributed by atoms with E-state index in [1.807, 2.05) is 0 Å². The molecule has 0 bridgehead atoms. The molecule has 0 atom stereocenters. The van der Waals surface area contributed by atoms with E-state index in [-0.39, 0.29) is 47.1 Å². The van der Waals surface area contributed by atoms with Crippen molar-refractivity contribution in [2.75, 3.05) is 0 Å². The minimum absolute atomic E-state index is 0. The molecule has 0 fully saturated rings. The second kappa shape index (κ2) is 10.4. The Morgan fingerprint density at radius 1 is 0.800 bits per heavy atom. The average molecular weight is 476 g/mol. The number of hydrogen-bond donors (Lipinski definition) is 4. The molecule has 141 valence electrons. The van der Waals surface area contributed by atoms with Crippen LogP contribution in [0.25, 0.3) is 0 Å². The maximum atomic E-state index is 9.94. The molecule has 6 nitrogen and oxygen atoms in total. The summed E-state index contributed by atoms with van der Waals surface area (Å²) in [6, 6.07) is 0. The summed E-state index contributed by atoms with van der Waals surface area (Å²) in [5.41, 5.74) is 3.56. The van der Waals surface area contributed by atoms with Gasteiger partial charge < -0.3 is 20.4 Å². The minimum Gasteiger partial charge on any atom is -0.506 e. The van der Waals surface area contributed by atoms with Crippen LogP contribution in [0.5, 0.6) is 11.5 Å². The first-order chi connectivity index (χ1) is 11.5. The van der Waals surface area contributed by atoms with Gasteiger partial charge >= 0.3 is 0 Å². The molecular weight excluding hydrogens is 456 g/mol. The Kier molecular flexibility index (Phi) is 9.29. The van der Waals surface area contributed by atoms with Crippen molar-refractivity contribution in [3.05, 3.63) is 46.0 Å². The fraction of sp³-hybridized carbons (Fsp3) is 0.375. The molecule has 0 spiro atoms. The van der Waals surface area contributed by atoms with Gasteiger partial charge in [-0.2, -0.15) is 0 Å². The zero-order valence-corrected chi connectivity index (χ0v) is 16.9. The van der Waals surface area contributed by atoms with E-state index < -0.39 is 0 Å². The van der Waals surface area contributed by atoms with Crippen molar-refractivity contribution in [3.8, 4) is 11.5 Å². The molecule has 9 heteroatoms. The van der Waals surface area contributed by atoms with Crippen LogP contribution >= 0.6 is 21.6 Å². The molecule has 4 N–H and O–H groups in total. The predicted octanol–water partition coefficient (Wildman–Crippen LogP) is 2.57. The quantitative estimate of drug-likeness (QED) is 0.275. The van der Waals surface area contributed by atoms with Crippen molar-refractivity contribution in [3.63, 3.8) is 0 Å². The fourth-order valence-corrected chi connectivity index (χ4v) is 4.36. The Morgan fingerprint density at radius 2 is 1.16 bits per heavy atom. The standard InChI is InChI=1S/C16H20N2O4S2.Ag/c1-9-15(21)13(5-19)11(3-17-9)7-23-24-8-12-4-18-10(2)16(22)14(12)6-20;/h3-4,19-22H,5-8H2,1-2H3;. The van der Waals surface area contributed by atoms with Gasteiger partial charge in [0.1, 0.15) is 11.5 Å². The first kappa shape index (κ1) is 22.3. The molecule has 0 aromatic carbocycles. The first-order valence-electron chi connectivity index (χ1n) is 7.28. The molecule has 0 aliphatic heterocycles. The van der Waals surface area contributed by atoms with Crippen molar-refractivity contribution in [2.24, 2.45) is 0 Å². The third kappa shape index (κ3) is 5.37. The van der Waals surface area contributed by atoms with Gasteiger partial charge in [-0.25, -0.2) is 0 Å². The van der Waals surface area contributed by atoms with E-state index in [4.69, 9.17) is 0 Å². The summed E-state index contributed by atoms with van der Waals surface area (Å²) in [6.45, 7) is 2.90. The smallest absolute Gasteiger partial charge is 0.142 e.